The monoisotopic (exact) mass is 284 g/mol. The number of aldehydes is 1. The van der Waals surface area contributed by atoms with E-state index in [0.717, 1.165) is 32.4 Å². The number of carbonyl (C=O) groups is 1. The van der Waals surface area contributed by atoms with E-state index in [-0.39, 0.29) is 16.9 Å². The van der Waals surface area contributed by atoms with Gasteiger partial charge in [0.15, 0.2) is 12.0 Å². The van der Waals surface area contributed by atoms with Crippen molar-refractivity contribution in [2.45, 2.75) is 36.4 Å². The Labute approximate surface area is 111 Å². The Morgan fingerprint density at radius 3 is 2.89 bits per heavy atom. The second kappa shape index (κ2) is 4.73. The van der Waals surface area contributed by atoms with E-state index in [2.05, 4.69) is 9.62 Å². The Morgan fingerprint density at radius 1 is 1.32 bits per heavy atom. The van der Waals surface area contributed by atoms with E-state index in [9.17, 15) is 13.2 Å². The van der Waals surface area contributed by atoms with Crippen LogP contribution in [0.4, 0.5) is 0 Å². The molecule has 2 unspecified atom stereocenters. The number of rotatable bonds is 4. The third-order valence-electron chi connectivity index (χ3n) is 3.90. The number of carbonyl (C=O) groups excluding carboxylic acids is 1. The molecule has 7 heteroatoms. The van der Waals surface area contributed by atoms with Gasteiger partial charge in [0.2, 0.25) is 5.09 Å². The fourth-order valence-electron chi connectivity index (χ4n) is 3.02. The van der Waals surface area contributed by atoms with E-state index < -0.39 is 10.0 Å². The van der Waals surface area contributed by atoms with Crippen LogP contribution in [0.3, 0.4) is 0 Å². The van der Waals surface area contributed by atoms with Crippen LogP contribution >= 0.6 is 0 Å². The van der Waals surface area contributed by atoms with E-state index in [1.165, 1.54) is 12.1 Å². The van der Waals surface area contributed by atoms with Gasteiger partial charge in [0, 0.05) is 18.6 Å². The first-order chi connectivity index (χ1) is 9.10. The van der Waals surface area contributed by atoms with Crippen LogP contribution in [-0.4, -0.2) is 44.8 Å². The summed E-state index contributed by atoms with van der Waals surface area (Å²) in [5.41, 5.74) is 0. The average molecular weight is 284 g/mol. The molecule has 0 saturated carbocycles. The van der Waals surface area contributed by atoms with Crippen molar-refractivity contribution >= 4 is 16.3 Å². The SMILES string of the molecule is O=Cc1ccc(S(=O)(=O)NC2CCN3CCCC23)o1. The molecule has 2 saturated heterocycles. The van der Waals surface area contributed by atoms with Crippen LogP contribution in [0.2, 0.25) is 0 Å². The van der Waals surface area contributed by atoms with Crippen molar-refractivity contribution in [3.8, 4) is 0 Å². The van der Waals surface area contributed by atoms with Crippen LogP contribution in [0.15, 0.2) is 21.6 Å². The van der Waals surface area contributed by atoms with Gasteiger partial charge < -0.3 is 4.42 Å². The molecule has 2 atom stereocenters. The molecular formula is C12H16N2O4S. The summed E-state index contributed by atoms with van der Waals surface area (Å²) in [7, 11) is -3.67. The van der Waals surface area contributed by atoms with Gasteiger partial charge in [-0.25, -0.2) is 13.1 Å². The van der Waals surface area contributed by atoms with Crippen molar-refractivity contribution in [3.63, 3.8) is 0 Å². The van der Waals surface area contributed by atoms with Gasteiger partial charge in [0.25, 0.3) is 10.0 Å². The fraction of sp³-hybridized carbons (Fsp3) is 0.583. The van der Waals surface area contributed by atoms with Gasteiger partial charge >= 0.3 is 0 Å². The largest absolute Gasteiger partial charge is 0.440 e. The molecule has 0 radical (unpaired) electrons. The smallest absolute Gasteiger partial charge is 0.274 e. The summed E-state index contributed by atoms with van der Waals surface area (Å²) in [6.07, 6.45) is 3.47. The molecule has 0 aromatic carbocycles. The Kier molecular flexibility index (Phi) is 3.20. The second-order valence-electron chi connectivity index (χ2n) is 5.04. The number of nitrogens with one attached hydrogen (secondary N) is 1. The van der Waals surface area contributed by atoms with Crippen molar-refractivity contribution in [2.75, 3.05) is 13.1 Å². The highest BCUT2D eigenvalue weighted by atomic mass is 32.2. The Balaban J connectivity index is 1.76. The third-order valence-corrected chi connectivity index (χ3v) is 5.26. The van der Waals surface area contributed by atoms with Crippen molar-refractivity contribution in [2.24, 2.45) is 0 Å². The molecule has 2 aliphatic rings. The van der Waals surface area contributed by atoms with Gasteiger partial charge in [0.05, 0.1) is 0 Å². The maximum absolute atomic E-state index is 12.2. The van der Waals surface area contributed by atoms with Crippen molar-refractivity contribution in [1.29, 1.82) is 0 Å². The first-order valence-corrected chi connectivity index (χ1v) is 7.90. The molecule has 0 aliphatic carbocycles. The van der Waals surface area contributed by atoms with E-state index in [4.69, 9.17) is 4.42 Å². The van der Waals surface area contributed by atoms with Crippen molar-refractivity contribution < 1.29 is 17.6 Å². The molecule has 19 heavy (non-hydrogen) atoms. The van der Waals surface area contributed by atoms with Crippen LogP contribution in [0.5, 0.6) is 0 Å². The molecule has 0 amide bonds. The molecule has 3 heterocycles. The highest BCUT2D eigenvalue weighted by Crippen LogP contribution is 2.29. The van der Waals surface area contributed by atoms with E-state index in [1.54, 1.807) is 0 Å². The quantitative estimate of drug-likeness (QED) is 0.819. The minimum Gasteiger partial charge on any atom is -0.440 e. The summed E-state index contributed by atoms with van der Waals surface area (Å²) < 4.78 is 32.0. The Hall–Kier alpha value is -1.18. The van der Waals surface area contributed by atoms with Gasteiger partial charge in [-0.1, -0.05) is 0 Å². The van der Waals surface area contributed by atoms with Gasteiger partial charge in [-0.15, -0.1) is 0 Å². The van der Waals surface area contributed by atoms with Crippen LogP contribution in [0.1, 0.15) is 29.8 Å². The van der Waals surface area contributed by atoms with Crippen LogP contribution in [0.25, 0.3) is 0 Å². The summed E-state index contributed by atoms with van der Waals surface area (Å²) in [5.74, 6) is 0.0225. The zero-order valence-corrected chi connectivity index (χ0v) is 11.2. The Morgan fingerprint density at radius 2 is 2.16 bits per heavy atom. The predicted molar refractivity (Wildman–Crippen MR) is 67.4 cm³/mol. The highest BCUT2D eigenvalue weighted by molar-refractivity contribution is 7.89. The van der Waals surface area contributed by atoms with Crippen LogP contribution in [0, 0.1) is 0 Å². The average Bonchev–Trinajstić information content (AvgIpc) is 3.05. The molecular weight excluding hydrogens is 268 g/mol. The molecule has 3 rings (SSSR count). The van der Waals surface area contributed by atoms with E-state index in [1.807, 2.05) is 0 Å². The summed E-state index contributed by atoms with van der Waals surface area (Å²) in [6, 6.07) is 2.92. The summed E-state index contributed by atoms with van der Waals surface area (Å²) in [4.78, 5) is 12.9. The number of fused-ring (bicyclic) bond motifs is 1. The summed E-state index contributed by atoms with van der Waals surface area (Å²) >= 11 is 0. The van der Waals surface area contributed by atoms with Crippen LogP contribution in [-0.2, 0) is 10.0 Å². The van der Waals surface area contributed by atoms with E-state index in [0.29, 0.717) is 12.3 Å². The third kappa shape index (κ3) is 2.33. The minimum absolute atomic E-state index is 0.0225. The number of furan rings is 1. The van der Waals surface area contributed by atoms with Gasteiger partial charge in [-0.2, -0.15) is 0 Å². The highest BCUT2D eigenvalue weighted by Gasteiger charge is 2.39. The number of sulfonamides is 1. The molecule has 0 spiro atoms. The lowest BCUT2D eigenvalue weighted by molar-refractivity contribution is 0.109. The number of hydrogen-bond acceptors (Lipinski definition) is 5. The zero-order chi connectivity index (χ0) is 13.5. The van der Waals surface area contributed by atoms with Crippen molar-refractivity contribution in [1.82, 2.24) is 9.62 Å². The van der Waals surface area contributed by atoms with Gasteiger partial charge in [0.1, 0.15) is 0 Å². The summed E-state index contributed by atoms with van der Waals surface area (Å²) in [5, 5.41) is -0.189. The predicted octanol–water partition coefficient (Wildman–Crippen LogP) is 0.607. The first-order valence-electron chi connectivity index (χ1n) is 6.41. The van der Waals surface area contributed by atoms with E-state index >= 15 is 0 Å². The zero-order valence-electron chi connectivity index (χ0n) is 10.4. The fourth-order valence-corrected chi connectivity index (χ4v) is 4.26. The maximum atomic E-state index is 12.2. The molecule has 1 aromatic heterocycles. The Bertz CT molecular complexity index is 580. The molecule has 1 N–H and O–H groups in total. The first kappa shape index (κ1) is 12.8. The van der Waals surface area contributed by atoms with Gasteiger partial charge in [-0.3, -0.25) is 9.69 Å². The second-order valence-corrected chi connectivity index (χ2v) is 6.68. The molecule has 6 nitrogen and oxygen atoms in total. The topological polar surface area (TPSA) is 79.6 Å². The summed E-state index contributed by atoms with van der Waals surface area (Å²) in [6.45, 7) is 1.99. The van der Waals surface area contributed by atoms with Crippen molar-refractivity contribution in [3.05, 3.63) is 17.9 Å². The molecule has 0 bridgehead atoms. The number of hydrogen-bond donors (Lipinski definition) is 1. The minimum atomic E-state index is -3.67. The molecule has 1 aromatic rings. The molecule has 104 valence electrons. The van der Waals surface area contributed by atoms with Crippen LogP contribution < -0.4 is 4.72 Å². The molecule has 2 aliphatic heterocycles. The number of nitrogens with zero attached hydrogens (tertiary/aromatic N) is 1. The molecule has 2 fully saturated rings. The van der Waals surface area contributed by atoms with Gasteiger partial charge in [-0.05, 0) is 37.9 Å². The lowest BCUT2D eigenvalue weighted by Gasteiger charge is -2.20. The standard InChI is InChI=1S/C12H16N2O4S/c15-8-9-3-4-12(18-9)19(16,17)13-10-5-7-14-6-1-2-11(10)14/h3-4,8,10-11,13H,1-2,5-7H2. The lowest BCUT2D eigenvalue weighted by Crippen LogP contribution is -2.42. The normalized spacial score (nSPS) is 27.6. The lowest BCUT2D eigenvalue weighted by atomic mass is 10.1. The maximum Gasteiger partial charge on any atom is 0.274 e.